The number of ether oxygens (including phenoxy) is 1. The predicted molar refractivity (Wildman–Crippen MR) is 47.4 cm³/mol. The topological polar surface area (TPSA) is 46.6 Å². The van der Waals surface area contributed by atoms with Gasteiger partial charge in [0, 0.05) is 25.4 Å². The smallest absolute Gasteiger partial charge is 0.310 e. The van der Waals surface area contributed by atoms with E-state index in [2.05, 4.69) is 4.74 Å². The molecule has 0 aliphatic carbocycles. The molecule has 4 nitrogen and oxygen atoms in total. The van der Waals surface area contributed by atoms with Gasteiger partial charge in [-0.15, -0.1) is 11.6 Å². The van der Waals surface area contributed by atoms with Crippen LogP contribution in [0, 0.1) is 5.92 Å². The fraction of sp³-hybridized carbons (Fsp3) is 0.750. The van der Waals surface area contributed by atoms with Gasteiger partial charge in [-0.3, -0.25) is 9.59 Å². The molecule has 1 heterocycles. The van der Waals surface area contributed by atoms with Crippen molar-refractivity contribution in [2.24, 2.45) is 5.92 Å². The number of alkyl halides is 1. The molecule has 1 rings (SSSR count). The molecule has 0 unspecified atom stereocenters. The van der Waals surface area contributed by atoms with Gasteiger partial charge in [-0.05, 0) is 0 Å². The van der Waals surface area contributed by atoms with E-state index < -0.39 is 0 Å². The van der Waals surface area contributed by atoms with E-state index in [1.807, 2.05) is 0 Å². The third-order valence-corrected chi connectivity index (χ3v) is 2.27. The molecular weight excluding hydrogens is 194 g/mol. The zero-order valence-electron chi connectivity index (χ0n) is 7.46. The number of halogens is 1. The zero-order valence-corrected chi connectivity index (χ0v) is 8.21. The average molecular weight is 206 g/mol. The van der Waals surface area contributed by atoms with Crippen molar-refractivity contribution in [3.8, 4) is 0 Å². The van der Waals surface area contributed by atoms with Gasteiger partial charge in [0.15, 0.2) is 0 Å². The highest BCUT2D eigenvalue weighted by molar-refractivity contribution is 6.18. The van der Waals surface area contributed by atoms with Crippen molar-refractivity contribution >= 4 is 23.5 Å². The highest BCUT2D eigenvalue weighted by Crippen LogP contribution is 2.18. The Morgan fingerprint density at radius 1 is 1.77 bits per heavy atom. The lowest BCUT2D eigenvalue weighted by Crippen LogP contribution is -2.28. The minimum atomic E-state index is -0.314. The number of nitrogens with zero attached hydrogens (tertiary/aromatic N) is 1. The molecule has 1 aliphatic rings. The summed E-state index contributed by atoms with van der Waals surface area (Å²) in [6.45, 7) is 0.951. The highest BCUT2D eigenvalue weighted by Gasteiger charge is 2.34. The molecule has 1 amide bonds. The van der Waals surface area contributed by atoms with Gasteiger partial charge in [0.25, 0.3) is 0 Å². The first kappa shape index (κ1) is 10.3. The molecule has 0 spiro atoms. The lowest BCUT2D eigenvalue weighted by Gasteiger charge is -2.13. The number of likely N-dealkylation sites (tertiary alicyclic amines) is 1. The van der Waals surface area contributed by atoms with Crippen molar-refractivity contribution in [1.82, 2.24) is 4.90 Å². The molecular formula is C8H12ClNO3. The van der Waals surface area contributed by atoms with Gasteiger partial charge in [-0.25, -0.2) is 0 Å². The number of amides is 1. The quantitative estimate of drug-likeness (QED) is 0.490. The van der Waals surface area contributed by atoms with E-state index in [0.717, 1.165) is 0 Å². The maximum absolute atomic E-state index is 11.3. The monoisotopic (exact) mass is 205 g/mol. The van der Waals surface area contributed by atoms with Gasteiger partial charge in [0.2, 0.25) is 5.91 Å². The van der Waals surface area contributed by atoms with Crippen molar-refractivity contribution in [3.63, 3.8) is 0 Å². The number of carbonyl (C=O) groups is 2. The van der Waals surface area contributed by atoms with Crippen LogP contribution in [-0.2, 0) is 14.3 Å². The molecule has 0 aromatic carbocycles. The van der Waals surface area contributed by atoms with Crippen LogP contribution < -0.4 is 0 Å². The van der Waals surface area contributed by atoms with Crippen LogP contribution in [0.1, 0.15) is 6.42 Å². The SMILES string of the molecule is COC(=O)[C@H]1CC(=O)N(CCCl)C1. The largest absolute Gasteiger partial charge is 0.469 e. The summed E-state index contributed by atoms with van der Waals surface area (Å²) in [6.07, 6.45) is 0.254. The second kappa shape index (κ2) is 4.46. The van der Waals surface area contributed by atoms with Crippen LogP contribution >= 0.6 is 11.6 Å². The van der Waals surface area contributed by atoms with Crippen molar-refractivity contribution < 1.29 is 14.3 Å². The van der Waals surface area contributed by atoms with Crippen LogP contribution in [0.3, 0.4) is 0 Å². The standard InChI is InChI=1S/C8H12ClNO3/c1-13-8(12)6-4-7(11)10(5-6)3-2-9/h6H,2-5H2,1H3/t6-/m0/s1. The summed E-state index contributed by atoms with van der Waals surface area (Å²) >= 11 is 5.50. The van der Waals surface area contributed by atoms with Crippen molar-refractivity contribution in [2.45, 2.75) is 6.42 Å². The van der Waals surface area contributed by atoms with E-state index in [4.69, 9.17) is 11.6 Å². The van der Waals surface area contributed by atoms with Crippen LogP contribution in [0.15, 0.2) is 0 Å². The van der Waals surface area contributed by atoms with Crippen molar-refractivity contribution in [3.05, 3.63) is 0 Å². The number of methoxy groups -OCH3 is 1. The van der Waals surface area contributed by atoms with E-state index in [-0.39, 0.29) is 24.2 Å². The Balaban J connectivity index is 2.49. The Hall–Kier alpha value is -0.770. The Morgan fingerprint density at radius 3 is 3.00 bits per heavy atom. The summed E-state index contributed by atoms with van der Waals surface area (Å²) in [5.74, 6) is -0.234. The summed E-state index contributed by atoms with van der Waals surface area (Å²) in [5.41, 5.74) is 0. The van der Waals surface area contributed by atoms with Crippen LogP contribution in [0.4, 0.5) is 0 Å². The van der Waals surface area contributed by atoms with Crippen LogP contribution in [0.2, 0.25) is 0 Å². The minimum absolute atomic E-state index is 0.0175. The summed E-state index contributed by atoms with van der Waals surface area (Å²) < 4.78 is 4.56. The molecule has 0 aromatic rings. The lowest BCUT2D eigenvalue weighted by atomic mass is 10.1. The Bertz CT molecular complexity index is 219. The summed E-state index contributed by atoms with van der Waals surface area (Å²) in [4.78, 5) is 23.9. The molecule has 74 valence electrons. The van der Waals surface area contributed by atoms with Gasteiger partial charge in [0.05, 0.1) is 13.0 Å². The number of hydrogen-bond donors (Lipinski definition) is 0. The molecule has 1 saturated heterocycles. The number of rotatable bonds is 3. The first-order chi connectivity index (χ1) is 6.19. The second-order valence-corrected chi connectivity index (χ2v) is 3.33. The molecule has 13 heavy (non-hydrogen) atoms. The van der Waals surface area contributed by atoms with Crippen molar-refractivity contribution in [1.29, 1.82) is 0 Å². The molecule has 1 atom stereocenters. The van der Waals surface area contributed by atoms with Crippen molar-refractivity contribution in [2.75, 3.05) is 26.1 Å². The van der Waals surface area contributed by atoms with Gasteiger partial charge < -0.3 is 9.64 Å². The predicted octanol–water partition coefficient (Wildman–Crippen LogP) is 0.247. The fourth-order valence-electron chi connectivity index (χ4n) is 1.41. The molecule has 0 saturated carbocycles. The number of esters is 1. The van der Waals surface area contributed by atoms with E-state index in [1.54, 1.807) is 4.90 Å². The maximum Gasteiger partial charge on any atom is 0.310 e. The van der Waals surface area contributed by atoms with Gasteiger partial charge in [-0.2, -0.15) is 0 Å². The van der Waals surface area contributed by atoms with Crippen LogP contribution in [0.5, 0.6) is 0 Å². The summed E-state index contributed by atoms with van der Waals surface area (Å²) in [5, 5.41) is 0. The molecule has 1 aliphatic heterocycles. The molecule has 5 heteroatoms. The zero-order chi connectivity index (χ0) is 9.84. The maximum atomic E-state index is 11.3. The first-order valence-corrected chi connectivity index (χ1v) is 4.64. The van der Waals surface area contributed by atoms with Gasteiger partial charge >= 0.3 is 5.97 Å². The van der Waals surface area contributed by atoms with E-state index >= 15 is 0 Å². The Labute approximate surface area is 81.8 Å². The molecule has 0 radical (unpaired) electrons. The van der Waals surface area contributed by atoms with Gasteiger partial charge in [0.1, 0.15) is 0 Å². The summed E-state index contributed by atoms with van der Waals surface area (Å²) in [6, 6.07) is 0. The Morgan fingerprint density at radius 2 is 2.46 bits per heavy atom. The number of carbonyl (C=O) groups excluding carboxylic acids is 2. The van der Waals surface area contributed by atoms with Crippen LogP contribution in [0.25, 0.3) is 0 Å². The van der Waals surface area contributed by atoms with Gasteiger partial charge in [-0.1, -0.05) is 0 Å². The van der Waals surface area contributed by atoms with E-state index in [1.165, 1.54) is 7.11 Å². The van der Waals surface area contributed by atoms with Crippen LogP contribution in [-0.4, -0.2) is 42.9 Å². The summed E-state index contributed by atoms with van der Waals surface area (Å²) in [7, 11) is 1.33. The van der Waals surface area contributed by atoms with E-state index in [9.17, 15) is 9.59 Å². The Kier molecular flexibility index (Phi) is 3.54. The fourth-order valence-corrected chi connectivity index (χ4v) is 1.62. The normalized spacial score (nSPS) is 22.2. The van der Waals surface area contributed by atoms with E-state index in [0.29, 0.717) is 19.0 Å². The number of hydrogen-bond acceptors (Lipinski definition) is 3. The lowest BCUT2D eigenvalue weighted by molar-refractivity contribution is -0.145. The average Bonchev–Trinajstić information content (AvgIpc) is 2.47. The molecule has 0 bridgehead atoms. The molecule has 0 aromatic heterocycles. The first-order valence-electron chi connectivity index (χ1n) is 4.10. The third kappa shape index (κ3) is 2.34. The third-order valence-electron chi connectivity index (χ3n) is 2.10. The second-order valence-electron chi connectivity index (χ2n) is 2.95. The highest BCUT2D eigenvalue weighted by atomic mass is 35.5. The molecule has 1 fully saturated rings. The minimum Gasteiger partial charge on any atom is -0.469 e. The molecule has 0 N–H and O–H groups in total.